The minimum absolute atomic E-state index is 0.306. The monoisotopic (exact) mass is 371 g/mol. The fourth-order valence-corrected chi connectivity index (χ4v) is 3.70. The van der Waals surface area contributed by atoms with E-state index in [0.29, 0.717) is 10.7 Å². The summed E-state index contributed by atoms with van der Waals surface area (Å²) in [6.07, 6.45) is 3.48. The summed E-state index contributed by atoms with van der Waals surface area (Å²) in [4.78, 5) is 25.0. The Morgan fingerprint density at radius 2 is 1.81 bits per heavy atom. The number of benzene rings is 2. The van der Waals surface area contributed by atoms with Gasteiger partial charge in [-0.05, 0) is 43.0 Å². The first-order valence-corrected chi connectivity index (χ1v) is 9.18. The highest BCUT2D eigenvalue weighted by Crippen LogP contribution is 2.42. The molecule has 0 radical (unpaired) electrons. The Labute approximate surface area is 158 Å². The van der Waals surface area contributed by atoms with Crippen molar-refractivity contribution in [3.8, 4) is 0 Å². The third-order valence-electron chi connectivity index (χ3n) is 4.98. The lowest BCUT2D eigenvalue weighted by molar-refractivity contribution is -0.153. The molecule has 5 heteroatoms. The molecule has 3 rings (SSSR count). The van der Waals surface area contributed by atoms with Crippen LogP contribution >= 0.6 is 11.6 Å². The number of carbonyl (C=O) groups is 2. The second-order valence-corrected chi connectivity index (χ2v) is 7.18. The Hall–Kier alpha value is -2.33. The van der Waals surface area contributed by atoms with Gasteiger partial charge in [0, 0.05) is 10.7 Å². The zero-order valence-electron chi connectivity index (χ0n) is 14.8. The topological polar surface area (TPSA) is 55.4 Å². The zero-order chi connectivity index (χ0) is 18.6. The lowest BCUT2D eigenvalue weighted by Crippen LogP contribution is -2.36. The molecular formula is C21H22ClNO3. The van der Waals surface area contributed by atoms with Crippen LogP contribution in [0.5, 0.6) is 0 Å². The summed E-state index contributed by atoms with van der Waals surface area (Å²) >= 11 is 5.96. The molecule has 0 bridgehead atoms. The Bertz CT molecular complexity index is 798. The molecule has 2 aromatic carbocycles. The van der Waals surface area contributed by atoms with Crippen molar-refractivity contribution in [2.75, 3.05) is 11.9 Å². The highest BCUT2D eigenvalue weighted by Gasteiger charge is 2.44. The lowest BCUT2D eigenvalue weighted by Gasteiger charge is -2.27. The molecular weight excluding hydrogens is 350 g/mol. The minimum Gasteiger partial charge on any atom is -0.455 e. The molecule has 1 aliphatic carbocycles. The molecule has 0 atom stereocenters. The fraction of sp³-hybridized carbons (Fsp3) is 0.333. The molecule has 0 aliphatic heterocycles. The van der Waals surface area contributed by atoms with E-state index in [1.165, 1.54) is 0 Å². The van der Waals surface area contributed by atoms with E-state index in [-0.39, 0.29) is 18.5 Å². The molecule has 2 aromatic rings. The van der Waals surface area contributed by atoms with Crippen LogP contribution in [0.1, 0.15) is 36.8 Å². The van der Waals surface area contributed by atoms with E-state index in [2.05, 4.69) is 5.32 Å². The van der Waals surface area contributed by atoms with Crippen LogP contribution in [0, 0.1) is 6.92 Å². The van der Waals surface area contributed by atoms with Gasteiger partial charge in [0.05, 0.1) is 5.41 Å². The van der Waals surface area contributed by atoms with Crippen LogP contribution < -0.4 is 5.32 Å². The summed E-state index contributed by atoms with van der Waals surface area (Å²) in [6, 6.07) is 15.0. The van der Waals surface area contributed by atoms with Crippen molar-refractivity contribution in [3.05, 3.63) is 64.7 Å². The van der Waals surface area contributed by atoms with E-state index in [9.17, 15) is 9.59 Å². The zero-order valence-corrected chi connectivity index (χ0v) is 15.5. The number of hydrogen-bond acceptors (Lipinski definition) is 3. The highest BCUT2D eigenvalue weighted by molar-refractivity contribution is 6.31. The van der Waals surface area contributed by atoms with Crippen LogP contribution in [0.2, 0.25) is 5.02 Å². The van der Waals surface area contributed by atoms with Crippen LogP contribution in [0.25, 0.3) is 0 Å². The average Bonchev–Trinajstić information content (AvgIpc) is 3.15. The Morgan fingerprint density at radius 1 is 1.12 bits per heavy atom. The highest BCUT2D eigenvalue weighted by atomic mass is 35.5. The van der Waals surface area contributed by atoms with Gasteiger partial charge < -0.3 is 10.1 Å². The molecule has 1 N–H and O–H groups in total. The van der Waals surface area contributed by atoms with Gasteiger partial charge in [-0.1, -0.05) is 60.8 Å². The summed E-state index contributed by atoms with van der Waals surface area (Å²) in [5.74, 6) is -0.691. The van der Waals surface area contributed by atoms with E-state index in [1.54, 1.807) is 12.1 Å². The number of anilines is 1. The van der Waals surface area contributed by atoms with E-state index in [1.807, 2.05) is 43.3 Å². The number of ether oxygens (including phenoxy) is 1. The number of carbonyl (C=O) groups excluding carboxylic acids is 2. The molecule has 0 heterocycles. The Balaban J connectivity index is 1.65. The van der Waals surface area contributed by atoms with Gasteiger partial charge in [0.1, 0.15) is 0 Å². The van der Waals surface area contributed by atoms with Crippen LogP contribution in [-0.4, -0.2) is 18.5 Å². The molecule has 136 valence electrons. The summed E-state index contributed by atoms with van der Waals surface area (Å²) in [6.45, 7) is 1.57. The molecule has 4 nitrogen and oxygen atoms in total. The predicted molar refractivity (Wildman–Crippen MR) is 102 cm³/mol. The summed E-state index contributed by atoms with van der Waals surface area (Å²) in [5, 5.41) is 3.29. The maximum absolute atomic E-state index is 12.8. The van der Waals surface area contributed by atoms with Gasteiger partial charge in [-0.3, -0.25) is 9.59 Å². The van der Waals surface area contributed by atoms with E-state index in [4.69, 9.17) is 16.3 Å². The van der Waals surface area contributed by atoms with Gasteiger partial charge in [-0.2, -0.15) is 0 Å². The molecule has 1 aliphatic rings. The second kappa shape index (κ2) is 7.92. The van der Waals surface area contributed by atoms with Gasteiger partial charge in [0.25, 0.3) is 5.91 Å². The normalized spacial score (nSPS) is 15.5. The second-order valence-electron chi connectivity index (χ2n) is 6.74. The SMILES string of the molecule is Cc1ccc(Cl)cc1NC(=O)COC(=O)C1(c2ccccc2)CCCC1. The maximum atomic E-state index is 12.8. The first-order valence-electron chi connectivity index (χ1n) is 8.80. The van der Waals surface area contributed by atoms with E-state index >= 15 is 0 Å². The molecule has 26 heavy (non-hydrogen) atoms. The van der Waals surface area contributed by atoms with Crippen LogP contribution in [0.3, 0.4) is 0 Å². The van der Waals surface area contributed by atoms with Crippen molar-refractivity contribution in [2.45, 2.75) is 38.0 Å². The van der Waals surface area contributed by atoms with Crippen molar-refractivity contribution >= 4 is 29.2 Å². The summed E-state index contributed by atoms with van der Waals surface area (Å²) in [7, 11) is 0. The van der Waals surface area contributed by atoms with Gasteiger partial charge in [0.15, 0.2) is 6.61 Å². The van der Waals surface area contributed by atoms with Crippen molar-refractivity contribution in [2.24, 2.45) is 0 Å². The number of esters is 1. The van der Waals surface area contributed by atoms with Gasteiger partial charge in [-0.15, -0.1) is 0 Å². The molecule has 1 saturated carbocycles. The number of halogens is 1. The minimum atomic E-state index is -0.631. The number of hydrogen-bond donors (Lipinski definition) is 1. The lowest BCUT2D eigenvalue weighted by atomic mass is 9.79. The summed E-state index contributed by atoms with van der Waals surface area (Å²) < 4.78 is 5.40. The Kier molecular flexibility index (Phi) is 5.62. The smallest absolute Gasteiger partial charge is 0.317 e. The number of rotatable bonds is 5. The van der Waals surface area contributed by atoms with Gasteiger partial charge in [-0.25, -0.2) is 0 Å². The number of amides is 1. The maximum Gasteiger partial charge on any atom is 0.317 e. The molecule has 1 fully saturated rings. The van der Waals surface area contributed by atoms with Crippen LogP contribution in [0.4, 0.5) is 5.69 Å². The molecule has 0 spiro atoms. The fourth-order valence-electron chi connectivity index (χ4n) is 3.53. The van der Waals surface area contributed by atoms with Crippen LogP contribution in [0.15, 0.2) is 48.5 Å². The van der Waals surface area contributed by atoms with Crippen molar-refractivity contribution in [1.29, 1.82) is 0 Å². The third kappa shape index (κ3) is 3.91. The molecule has 0 aromatic heterocycles. The standard InChI is InChI=1S/C21H22ClNO3/c1-15-9-10-17(22)13-18(15)23-19(24)14-26-20(25)21(11-5-6-12-21)16-7-3-2-4-8-16/h2-4,7-10,13H,5-6,11-12,14H2,1H3,(H,23,24). The first-order chi connectivity index (χ1) is 12.5. The van der Waals surface area contributed by atoms with Gasteiger partial charge >= 0.3 is 5.97 Å². The third-order valence-corrected chi connectivity index (χ3v) is 5.22. The van der Waals surface area contributed by atoms with E-state index in [0.717, 1.165) is 36.8 Å². The van der Waals surface area contributed by atoms with Crippen molar-refractivity contribution in [3.63, 3.8) is 0 Å². The predicted octanol–water partition coefficient (Wildman–Crippen LogP) is 4.64. The van der Waals surface area contributed by atoms with E-state index < -0.39 is 5.41 Å². The quantitative estimate of drug-likeness (QED) is 0.779. The first kappa shape index (κ1) is 18.5. The summed E-state index contributed by atoms with van der Waals surface area (Å²) in [5.41, 5.74) is 1.85. The molecule has 0 unspecified atom stereocenters. The average molecular weight is 372 g/mol. The molecule has 0 saturated heterocycles. The largest absolute Gasteiger partial charge is 0.455 e. The van der Waals surface area contributed by atoms with Crippen LogP contribution in [-0.2, 0) is 19.7 Å². The van der Waals surface area contributed by atoms with Crippen molar-refractivity contribution < 1.29 is 14.3 Å². The number of aryl methyl sites for hydroxylation is 1. The Morgan fingerprint density at radius 3 is 2.50 bits per heavy atom. The van der Waals surface area contributed by atoms with Crippen molar-refractivity contribution in [1.82, 2.24) is 0 Å². The molecule has 1 amide bonds. The number of nitrogens with one attached hydrogen (secondary N) is 1. The van der Waals surface area contributed by atoms with Gasteiger partial charge in [0.2, 0.25) is 0 Å².